The fourth-order valence-electron chi connectivity index (χ4n) is 5.59. The standard InChI is InChI=1S/C30H36N6O3/c1-18(2)36-25-14-21(13-19(3)29(25)39-17-27(36)37)28-23(20-5-6-20)16-32-30(34-28)33-22-7-8-24(26(15-22)38-4)35-11-9-31-10-12-35/h7-8,13-16,18,20,31H,5-6,9-12,17H2,1-4H3,(H,32,33,34). The lowest BCUT2D eigenvalue weighted by Gasteiger charge is -2.33. The predicted molar refractivity (Wildman–Crippen MR) is 154 cm³/mol. The number of anilines is 4. The Bertz CT molecular complexity index is 1400. The quantitative estimate of drug-likeness (QED) is 0.459. The summed E-state index contributed by atoms with van der Waals surface area (Å²) in [6, 6.07) is 10.3. The van der Waals surface area contributed by atoms with Crippen LogP contribution in [-0.4, -0.2) is 61.8 Å². The third-order valence-corrected chi connectivity index (χ3v) is 7.64. The van der Waals surface area contributed by atoms with E-state index in [0.717, 1.165) is 90.0 Å². The minimum atomic E-state index is -0.0280. The van der Waals surface area contributed by atoms with Crippen LogP contribution >= 0.6 is 0 Å². The van der Waals surface area contributed by atoms with Crippen molar-refractivity contribution in [1.82, 2.24) is 15.3 Å². The summed E-state index contributed by atoms with van der Waals surface area (Å²) in [7, 11) is 1.71. The number of nitrogens with one attached hydrogen (secondary N) is 2. The van der Waals surface area contributed by atoms with Crippen LogP contribution in [0.3, 0.4) is 0 Å². The van der Waals surface area contributed by atoms with Gasteiger partial charge < -0.3 is 29.9 Å². The molecule has 0 bridgehead atoms. The van der Waals surface area contributed by atoms with Gasteiger partial charge >= 0.3 is 0 Å². The molecule has 2 fully saturated rings. The molecule has 3 heterocycles. The second-order valence-electron chi connectivity index (χ2n) is 10.8. The number of carbonyl (C=O) groups is 1. The number of rotatable bonds is 7. The largest absolute Gasteiger partial charge is 0.495 e. The molecule has 3 aromatic rings. The lowest BCUT2D eigenvalue weighted by atomic mass is 9.99. The van der Waals surface area contributed by atoms with Crippen molar-refractivity contribution in [1.29, 1.82) is 0 Å². The molecule has 1 saturated carbocycles. The van der Waals surface area contributed by atoms with Crippen molar-refractivity contribution in [3.8, 4) is 22.8 Å². The number of benzene rings is 2. The number of methoxy groups -OCH3 is 1. The first-order chi connectivity index (χ1) is 18.9. The Kier molecular flexibility index (Phi) is 6.76. The monoisotopic (exact) mass is 528 g/mol. The smallest absolute Gasteiger partial charge is 0.265 e. The minimum Gasteiger partial charge on any atom is -0.495 e. The zero-order valence-electron chi connectivity index (χ0n) is 23.1. The Morgan fingerprint density at radius 1 is 1.13 bits per heavy atom. The van der Waals surface area contributed by atoms with Gasteiger partial charge in [0.2, 0.25) is 5.95 Å². The summed E-state index contributed by atoms with van der Waals surface area (Å²) < 4.78 is 11.6. The highest BCUT2D eigenvalue weighted by atomic mass is 16.5. The van der Waals surface area contributed by atoms with Gasteiger partial charge in [0.05, 0.1) is 24.2 Å². The summed E-state index contributed by atoms with van der Waals surface area (Å²) in [5.41, 5.74) is 6.75. The number of fused-ring (bicyclic) bond motifs is 1. The number of aromatic nitrogens is 2. The van der Waals surface area contributed by atoms with Gasteiger partial charge in [0.1, 0.15) is 11.5 Å². The average Bonchev–Trinajstić information content (AvgIpc) is 3.78. The number of hydrogen-bond acceptors (Lipinski definition) is 8. The summed E-state index contributed by atoms with van der Waals surface area (Å²) in [5.74, 6) is 2.54. The molecule has 2 N–H and O–H groups in total. The van der Waals surface area contributed by atoms with Crippen molar-refractivity contribution < 1.29 is 14.3 Å². The second-order valence-corrected chi connectivity index (χ2v) is 10.8. The van der Waals surface area contributed by atoms with Crippen LogP contribution in [0.5, 0.6) is 11.5 Å². The molecule has 0 spiro atoms. The van der Waals surface area contributed by atoms with Gasteiger partial charge in [-0.2, -0.15) is 0 Å². The van der Waals surface area contributed by atoms with Crippen LogP contribution in [0.25, 0.3) is 11.3 Å². The molecule has 2 aromatic carbocycles. The molecule has 0 radical (unpaired) electrons. The van der Waals surface area contributed by atoms with E-state index in [1.165, 1.54) is 0 Å². The van der Waals surface area contributed by atoms with E-state index in [9.17, 15) is 4.79 Å². The van der Waals surface area contributed by atoms with Gasteiger partial charge in [0, 0.05) is 61.3 Å². The molecule has 2 aliphatic heterocycles. The highest BCUT2D eigenvalue weighted by Crippen LogP contribution is 2.46. The molecule has 204 valence electrons. The predicted octanol–water partition coefficient (Wildman–Crippen LogP) is 4.63. The number of nitrogens with zero attached hydrogens (tertiary/aromatic N) is 4. The number of aryl methyl sites for hydroxylation is 1. The highest BCUT2D eigenvalue weighted by molar-refractivity contribution is 5.99. The Labute approximate surface area is 229 Å². The number of ether oxygens (including phenoxy) is 2. The van der Waals surface area contributed by atoms with E-state index in [2.05, 4.69) is 32.7 Å². The SMILES string of the molecule is COc1cc(Nc2ncc(C3CC3)c(-c3cc(C)c4c(c3)N(C(C)C)C(=O)CO4)n2)ccc1N1CCNCC1. The molecular weight excluding hydrogens is 492 g/mol. The fraction of sp³-hybridized carbons (Fsp3) is 0.433. The summed E-state index contributed by atoms with van der Waals surface area (Å²) in [6.45, 7) is 9.97. The maximum absolute atomic E-state index is 12.7. The van der Waals surface area contributed by atoms with Crippen molar-refractivity contribution in [2.45, 2.75) is 45.6 Å². The molecule has 0 atom stereocenters. The highest BCUT2D eigenvalue weighted by Gasteiger charge is 2.32. The molecule has 9 nitrogen and oxygen atoms in total. The number of amides is 1. The molecule has 6 rings (SSSR count). The lowest BCUT2D eigenvalue weighted by molar-refractivity contribution is -0.121. The number of carbonyl (C=O) groups excluding carboxylic acids is 1. The van der Waals surface area contributed by atoms with Gasteiger partial charge in [-0.15, -0.1) is 0 Å². The normalized spacial score (nSPS) is 17.2. The maximum Gasteiger partial charge on any atom is 0.265 e. The Hall–Kier alpha value is -3.85. The third kappa shape index (κ3) is 4.98. The Morgan fingerprint density at radius 2 is 1.92 bits per heavy atom. The number of hydrogen-bond donors (Lipinski definition) is 2. The zero-order chi connectivity index (χ0) is 27.1. The van der Waals surface area contributed by atoms with Crippen LogP contribution in [-0.2, 0) is 4.79 Å². The first-order valence-corrected chi connectivity index (χ1v) is 13.8. The molecule has 0 unspecified atom stereocenters. The maximum atomic E-state index is 12.7. The van der Waals surface area contributed by atoms with E-state index in [1.807, 2.05) is 50.1 Å². The van der Waals surface area contributed by atoms with Crippen LogP contribution < -0.4 is 29.9 Å². The lowest BCUT2D eigenvalue weighted by Crippen LogP contribution is -2.43. The number of piperazine rings is 1. The minimum absolute atomic E-state index is 0.0273. The van der Waals surface area contributed by atoms with Crippen molar-refractivity contribution >= 4 is 28.9 Å². The van der Waals surface area contributed by atoms with E-state index < -0.39 is 0 Å². The fourth-order valence-corrected chi connectivity index (χ4v) is 5.59. The molecular formula is C30H36N6O3. The summed E-state index contributed by atoms with van der Waals surface area (Å²) >= 11 is 0. The van der Waals surface area contributed by atoms with Gasteiger partial charge in [-0.3, -0.25) is 4.79 Å². The average molecular weight is 529 g/mol. The zero-order valence-corrected chi connectivity index (χ0v) is 23.1. The van der Waals surface area contributed by atoms with Crippen molar-refractivity contribution in [2.75, 3.05) is 55.0 Å². The summed E-state index contributed by atoms with van der Waals surface area (Å²) in [6.07, 6.45) is 4.22. The summed E-state index contributed by atoms with van der Waals surface area (Å²) in [5, 5.41) is 6.79. The Balaban J connectivity index is 1.35. The van der Waals surface area contributed by atoms with E-state index in [0.29, 0.717) is 11.9 Å². The van der Waals surface area contributed by atoms with Crippen LogP contribution in [0.4, 0.5) is 23.0 Å². The third-order valence-electron chi connectivity index (χ3n) is 7.64. The molecule has 9 heteroatoms. The molecule has 1 aromatic heterocycles. The first-order valence-electron chi connectivity index (χ1n) is 13.8. The van der Waals surface area contributed by atoms with Crippen molar-refractivity contribution in [3.05, 3.63) is 47.7 Å². The van der Waals surface area contributed by atoms with Crippen molar-refractivity contribution in [2.24, 2.45) is 0 Å². The van der Waals surface area contributed by atoms with E-state index in [-0.39, 0.29) is 18.6 Å². The Morgan fingerprint density at radius 3 is 2.64 bits per heavy atom. The molecule has 1 aliphatic carbocycles. The van der Waals surface area contributed by atoms with Gasteiger partial charge in [0.15, 0.2) is 6.61 Å². The van der Waals surface area contributed by atoms with Gasteiger partial charge in [-0.25, -0.2) is 9.97 Å². The van der Waals surface area contributed by atoms with Crippen molar-refractivity contribution in [3.63, 3.8) is 0 Å². The van der Waals surface area contributed by atoms with Crippen LogP contribution in [0, 0.1) is 6.92 Å². The first kappa shape index (κ1) is 25.4. The van der Waals surface area contributed by atoms with Crippen LogP contribution in [0.2, 0.25) is 0 Å². The van der Waals surface area contributed by atoms with Gasteiger partial charge in [0.25, 0.3) is 5.91 Å². The van der Waals surface area contributed by atoms with Gasteiger partial charge in [-0.05, 0) is 69.4 Å². The molecule has 3 aliphatic rings. The van der Waals surface area contributed by atoms with E-state index in [4.69, 9.17) is 14.5 Å². The topological polar surface area (TPSA) is 91.8 Å². The molecule has 1 saturated heterocycles. The second kappa shape index (κ2) is 10.4. The molecule has 1 amide bonds. The van der Waals surface area contributed by atoms with Crippen LogP contribution in [0.15, 0.2) is 36.5 Å². The van der Waals surface area contributed by atoms with E-state index >= 15 is 0 Å². The molecule has 39 heavy (non-hydrogen) atoms. The summed E-state index contributed by atoms with van der Waals surface area (Å²) in [4.78, 5) is 26.6. The van der Waals surface area contributed by atoms with Gasteiger partial charge in [-0.1, -0.05) is 0 Å². The van der Waals surface area contributed by atoms with Crippen LogP contribution in [0.1, 0.15) is 43.7 Å². The van der Waals surface area contributed by atoms with E-state index in [1.54, 1.807) is 7.11 Å².